The van der Waals surface area contributed by atoms with E-state index in [0.717, 1.165) is 24.1 Å². The van der Waals surface area contributed by atoms with Gasteiger partial charge >= 0.3 is 0 Å². The maximum atomic E-state index is 10.5. The first-order valence-electron chi connectivity index (χ1n) is 5.54. The van der Waals surface area contributed by atoms with Crippen LogP contribution in [0, 0.1) is 5.92 Å². The van der Waals surface area contributed by atoms with Gasteiger partial charge in [-0.2, -0.15) is 11.8 Å². The SMILES string of the molecule is CSCCC(C)CNc1ccc(C=O)cc1. The second-order valence-electron chi connectivity index (χ2n) is 4.01. The summed E-state index contributed by atoms with van der Waals surface area (Å²) in [5.74, 6) is 1.89. The van der Waals surface area contributed by atoms with Gasteiger partial charge in [-0.3, -0.25) is 4.79 Å². The molecule has 0 spiro atoms. The van der Waals surface area contributed by atoms with Gasteiger partial charge in [0.25, 0.3) is 0 Å². The molecule has 0 aliphatic carbocycles. The predicted octanol–water partition coefficient (Wildman–Crippen LogP) is 3.30. The Bertz CT molecular complexity index is 310. The molecule has 0 saturated heterocycles. The fraction of sp³-hybridized carbons (Fsp3) is 0.462. The zero-order valence-corrected chi connectivity index (χ0v) is 10.7. The van der Waals surface area contributed by atoms with E-state index in [9.17, 15) is 4.79 Å². The number of thioether (sulfide) groups is 1. The first-order valence-corrected chi connectivity index (χ1v) is 6.93. The van der Waals surface area contributed by atoms with Crippen molar-refractivity contribution in [2.75, 3.05) is 23.9 Å². The third-order valence-electron chi connectivity index (χ3n) is 2.52. The third kappa shape index (κ3) is 4.71. The minimum Gasteiger partial charge on any atom is -0.385 e. The molecule has 1 N–H and O–H groups in total. The van der Waals surface area contributed by atoms with Gasteiger partial charge < -0.3 is 5.32 Å². The summed E-state index contributed by atoms with van der Waals surface area (Å²) in [5, 5.41) is 3.38. The lowest BCUT2D eigenvalue weighted by Crippen LogP contribution is -2.11. The average molecular weight is 237 g/mol. The standard InChI is InChI=1S/C13H19NOS/c1-11(7-8-16-2)9-14-13-5-3-12(10-15)4-6-13/h3-6,10-11,14H,7-9H2,1-2H3. The molecule has 1 aromatic carbocycles. The van der Waals surface area contributed by atoms with Crippen molar-refractivity contribution in [1.29, 1.82) is 0 Å². The molecule has 0 radical (unpaired) electrons. The largest absolute Gasteiger partial charge is 0.385 e. The molecule has 1 aromatic rings. The second kappa shape index (κ2) is 7.34. The number of nitrogens with one attached hydrogen (secondary N) is 1. The summed E-state index contributed by atoms with van der Waals surface area (Å²) in [6.07, 6.45) is 4.24. The predicted molar refractivity (Wildman–Crippen MR) is 72.5 cm³/mol. The van der Waals surface area contributed by atoms with Crippen LogP contribution in [0.15, 0.2) is 24.3 Å². The summed E-state index contributed by atoms with van der Waals surface area (Å²) in [6, 6.07) is 7.57. The molecule has 1 atom stereocenters. The molecule has 0 bridgehead atoms. The van der Waals surface area contributed by atoms with Gasteiger partial charge in [-0.05, 0) is 48.6 Å². The summed E-state index contributed by atoms with van der Waals surface area (Å²) in [7, 11) is 0. The maximum Gasteiger partial charge on any atom is 0.150 e. The summed E-state index contributed by atoms with van der Waals surface area (Å²) in [6.45, 7) is 3.24. The molecule has 88 valence electrons. The van der Waals surface area contributed by atoms with Crippen molar-refractivity contribution in [1.82, 2.24) is 0 Å². The van der Waals surface area contributed by atoms with Gasteiger partial charge in [0, 0.05) is 17.8 Å². The molecule has 0 heterocycles. The lowest BCUT2D eigenvalue weighted by atomic mass is 10.1. The molecule has 0 fully saturated rings. The van der Waals surface area contributed by atoms with E-state index in [4.69, 9.17) is 0 Å². The maximum absolute atomic E-state index is 10.5. The Hall–Kier alpha value is -0.960. The third-order valence-corrected chi connectivity index (χ3v) is 3.16. The van der Waals surface area contributed by atoms with Crippen molar-refractivity contribution in [3.05, 3.63) is 29.8 Å². The minimum atomic E-state index is 0.679. The molecule has 1 unspecified atom stereocenters. The number of hydrogen-bond acceptors (Lipinski definition) is 3. The number of rotatable bonds is 7. The van der Waals surface area contributed by atoms with E-state index in [1.165, 1.54) is 12.2 Å². The van der Waals surface area contributed by atoms with Crippen LogP contribution in [0.5, 0.6) is 0 Å². The molecule has 0 aliphatic rings. The fourth-order valence-corrected chi connectivity index (χ4v) is 2.03. The van der Waals surface area contributed by atoms with Crippen LogP contribution < -0.4 is 5.32 Å². The van der Waals surface area contributed by atoms with Crippen LogP contribution >= 0.6 is 11.8 Å². The zero-order chi connectivity index (χ0) is 11.8. The van der Waals surface area contributed by atoms with Crippen LogP contribution in [0.3, 0.4) is 0 Å². The van der Waals surface area contributed by atoms with Gasteiger partial charge in [0.2, 0.25) is 0 Å². The highest BCUT2D eigenvalue weighted by Crippen LogP contribution is 2.11. The molecular formula is C13H19NOS. The van der Waals surface area contributed by atoms with Gasteiger partial charge in [-0.1, -0.05) is 6.92 Å². The Morgan fingerprint density at radius 1 is 1.38 bits per heavy atom. The van der Waals surface area contributed by atoms with E-state index < -0.39 is 0 Å². The lowest BCUT2D eigenvalue weighted by Gasteiger charge is -2.12. The first-order chi connectivity index (χ1) is 7.76. The number of aldehydes is 1. The quantitative estimate of drug-likeness (QED) is 0.738. The Balaban J connectivity index is 2.33. The van der Waals surface area contributed by atoms with E-state index >= 15 is 0 Å². The van der Waals surface area contributed by atoms with Crippen molar-refractivity contribution in [2.45, 2.75) is 13.3 Å². The van der Waals surface area contributed by atoms with Crippen molar-refractivity contribution in [2.24, 2.45) is 5.92 Å². The van der Waals surface area contributed by atoms with Crippen LogP contribution in [-0.2, 0) is 0 Å². The van der Waals surface area contributed by atoms with E-state index in [-0.39, 0.29) is 0 Å². The lowest BCUT2D eigenvalue weighted by molar-refractivity contribution is 0.112. The summed E-state index contributed by atoms with van der Waals surface area (Å²) in [5.41, 5.74) is 1.81. The van der Waals surface area contributed by atoms with Crippen molar-refractivity contribution >= 4 is 23.7 Å². The van der Waals surface area contributed by atoms with Crippen LogP contribution in [0.25, 0.3) is 0 Å². The van der Waals surface area contributed by atoms with Gasteiger partial charge in [0.15, 0.2) is 0 Å². The molecule has 0 amide bonds. The number of hydrogen-bond donors (Lipinski definition) is 1. The van der Waals surface area contributed by atoms with Crippen LogP contribution in [0.1, 0.15) is 23.7 Å². The highest BCUT2D eigenvalue weighted by molar-refractivity contribution is 7.98. The molecular weight excluding hydrogens is 218 g/mol. The van der Waals surface area contributed by atoms with Gasteiger partial charge in [-0.15, -0.1) is 0 Å². The average Bonchev–Trinajstić information content (AvgIpc) is 2.34. The highest BCUT2D eigenvalue weighted by atomic mass is 32.2. The van der Waals surface area contributed by atoms with Gasteiger partial charge in [0.05, 0.1) is 0 Å². The molecule has 0 aliphatic heterocycles. The number of carbonyl (C=O) groups excluding carboxylic acids is 1. The topological polar surface area (TPSA) is 29.1 Å². The molecule has 0 aromatic heterocycles. The zero-order valence-electron chi connectivity index (χ0n) is 9.90. The summed E-state index contributed by atoms with van der Waals surface area (Å²) in [4.78, 5) is 10.5. The smallest absolute Gasteiger partial charge is 0.150 e. The number of carbonyl (C=O) groups is 1. The van der Waals surface area contributed by atoms with Gasteiger partial charge in [0.1, 0.15) is 6.29 Å². The minimum absolute atomic E-state index is 0.679. The summed E-state index contributed by atoms with van der Waals surface area (Å²) >= 11 is 1.89. The van der Waals surface area contributed by atoms with Gasteiger partial charge in [-0.25, -0.2) is 0 Å². The molecule has 1 rings (SSSR count). The second-order valence-corrected chi connectivity index (χ2v) is 4.99. The van der Waals surface area contributed by atoms with Crippen LogP contribution in [0.2, 0.25) is 0 Å². The Labute approximate surface area is 102 Å². The number of anilines is 1. The van der Waals surface area contributed by atoms with Crippen molar-refractivity contribution < 1.29 is 4.79 Å². The van der Waals surface area contributed by atoms with Crippen molar-refractivity contribution in [3.63, 3.8) is 0 Å². The summed E-state index contributed by atoms with van der Waals surface area (Å²) < 4.78 is 0. The molecule has 16 heavy (non-hydrogen) atoms. The fourth-order valence-electron chi connectivity index (χ4n) is 1.39. The Morgan fingerprint density at radius 2 is 2.06 bits per heavy atom. The normalized spacial score (nSPS) is 12.1. The van der Waals surface area contributed by atoms with Crippen LogP contribution in [-0.4, -0.2) is 24.8 Å². The Kier molecular flexibility index (Phi) is 6.01. The molecule has 2 nitrogen and oxygen atoms in total. The van der Waals surface area contributed by atoms with E-state index in [2.05, 4.69) is 18.5 Å². The monoisotopic (exact) mass is 237 g/mol. The molecule has 0 saturated carbocycles. The first kappa shape index (κ1) is 13.1. The van der Waals surface area contributed by atoms with Crippen LogP contribution in [0.4, 0.5) is 5.69 Å². The Morgan fingerprint density at radius 3 is 2.62 bits per heavy atom. The van der Waals surface area contributed by atoms with Crippen molar-refractivity contribution in [3.8, 4) is 0 Å². The van der Waals surface area contributed by atoms with E-state index in [1.54, 1.807) is 0 Å². The molecule has 3 heteroatoms. The van der Waals surface area contributed by atoms with E-state index in [0.29, 0.717) is 5.92 Å². The van der Waals surface area contributed by atoms with E-state index in [1.807, 2.05) is 36.0 Å². The number of benzene rings is 1. The highest BCUT2D eigenvalue weighted by Gasteiger charge is 2.01.